The van der Waals surface area contributed by atoms with Crippen LogP contribution in [0.3, 0.4) is 0 Å². The summed E-state index contributed by atoms with van der Waals surface area (Å²) in [4.78, 5) is 4.98. The number of methoxy groups -OCH3 is 1. The van der Waals surface area contributed by atoms with Crippen molar-refractivity contribution in [1.29, 1.82) is 0 Å². The molecule has 1 aliphatic heterocycles. The van der Waals surface area contributed by atoms with Crippen molar-refractivity contribution in [1.82, 2.24) is 14.8 Å². The number of rotatable bonds is 2. The van der Waals surface area contributed by atoms with Gasteiger partial charge in [-0.3, -0.25) is 4.99 Å². The number of hydrogen-bond acceptors (Lipinski definition) is 4. The maximum atomic E-state index is 6.06. The number of benzene rings is 1. The van der Waals surface area contributed by atoms with Crippen molar-refractivity contribution >= 4 is 17.3 Å². The van der Waals surface area contributed by atoms with Crippen molar-refractivity contribution in [2.75, 3.05) is 7.11 Å². The highest BCUT2D eigenvalue weighted by atomic mass is 35.5. The fraction of sp³-hybridized carbons (Fsp3) is 0.316. The molecule has 0 saturated heterocycles. The molecule has 1 aromatic heterocycles. The zero-order valence-electron chi connectivity index (χ0n) is 14.4. The molecule has 25 heavy (non-hydrogen) atoms. The SMILES string of the molecule is COC1=CCC2C(=C1)C(c1ccc(Cl)cc1)=NC(C)c1nnc(C)n12. The number of allylic oxidation sites excluding steroid dienone is 3. The summed E-state index contributed by atoms with van der Waals surface area (Å²) in [7, 11) is 1.69. The second-order valence-electron chi connectivity index (χ2n) is 6.30. The molecule has 0 spiro atoms. The van der Waals surface area contributed by atoms with Crippen molar-refractivity contribution in [3.63, 3.8) is 0 Å². The Balaban J connectivity index is 1.92. The number of ether oxygens (including phenoxy) is 1. The maximum Gasteiger partial charge on any atom is 0.158 e. The molecular formula is C19H19ClN4O. The van der Waals surface area contributed by atoms with Gasteiger partial charge in [0.25, 0.3) is 0 Å². The van der Waals surface area contributed by atoms with Crippen molar-refractivity contribution in [2.45, 2.75) is 32.4 Å². The third-order valence-electron chi connectivity index (χ3n) is 4.73. The Labute approximate surface area is 151 Å². The largest absolute Gasteiger partial charge is 0.497 e. The van der Waals surface area contributed by atoms with E-state index in [2.05, 4.69) is 33.8 Å². The lowest BCUT2D eigenvalue weighted by Gasteiger charge is -2.25. The minimum absolute atomic E-state index is 0.0793. The van der Waals surface area contributed by atoms with Gasteiger partial charge in [-0.2, -0.15) is 0 Å². The second kappa shape index (κ2) is 6.15. The quantitative estimate of drug-likeness (QED) is 0.811. The zero-order valence-corrected chi connectivity index (χ0v) is 15.2. The Morgan fingerprint density at radius 3 is 2.68 bits per heavy atom. The van der Waals surface area contributed by atoms with E-state index in [1.807, 2.05) is 31.2 Å². The first kappa shape index (κ1) is 16.1. The number of nitrogens with zero attached hydrogens (tertiary/aromatic N) is 4. The van der Waals surface area contributed by atoms with Gasteiger partial charge >= 0.3 is 0 Å². The zero-order chi connectivity index (χ0) is 17.6. The molecule has 2 heterocycles. The Morgan fingerprint density at radius 1 is 1.20 bits per heavy atom. The van der Waals surface area contributed by atoms with Crippen LogP contribution in [-0.4, -0.2) is 27.6 Å². The van der Waals surface area contributed by atoms with Crippen LogP contribution in [0.25, 0.3) is 0 Å². The Hall–Kier alpha value is -2.40. The van der Waals surface area contributed by atoms with Crippen molar-refractivity contribution in [2.24, 2.45) is 4.99 Å². The third-order valence-corrected chi connectivity index (χ3v) is 4.98. The summed E-state index contributed by atoms with van der Waals surface area (Å²) in [5, 5.41) is 9.37. The summed E-state index contributed by atoms with van der Waals surface area (Å²) < 4.78 is 7.68. The maximum absolute atomic E-state index is 6.06. The van der Waals surface area contributed by atoms with Crippen molar-refractivity contribution in [3.05, 3.63) is 70.0 Å². The lowest BCUT2D eigenvalue weighted by atomic mass is 9.90. The van der Waals surface area contributed by atoms with E-state index in [1.54, 1.807) is 7.11 Å². The van der Waals surface area contributed by atoms with Gasteiger partial charge in [0, 0.05) is 16.2 Å². The highest BCUT2D eigenvalue weighted by molar-refractivity contribution is 6.30. The van der Waals surface area contributed by atoms with Crippen LogP contribution in [0, 0.1) is 6.92 Å². The average Bonchev–Trinajstić information content (AvgIpc) is 2.95. The van der Waals surface area contributed by atoms with E-state index in [0.717, 1.165) is 40.7 Å². The fourth-order valence-electron chi connectivity index (χ4n) is 3.51. The topological polar surface area (TPSA) is 52.3 Å². The van der Waals surface area contributed by atoms with Crippen LogP contribution >= 0.6 is 11.6 Å². The predicted octanol–water partition coefficient (Wildman–Crippen LogP) is 4.21. The van der Waals surface area contributed by atoms with Gasteiger partial charge in [-0.05, 0) is 44.6 Å². The Kier molecular flexibility index (Phi) is 3.96. The molecule has 2 aliphatic rings. The molecule has 0 amide bonds. The Morgan fingerprint density at radius 2 is 1.96 bits per heavy atom. The summed E-state index contributed by atoms with van der Waals surface area (Å²) in [6.45, 7) is 4.04. The van der Waals surface area contributed by atoms with E-state index < -0.39 is 0 Å². The van der Waals surface area contributed by atoms with Crippen molar-refractivity contribution in [3.8, 4) is 0 Å². The molecule has 5 nitrogen and oxygen atoms in total. The molecule has 0 fully saturated rings. The van der Waals surface area contributed by atoms with E-state index in [-0.39, 0.29) is 12.1 Å². The van der Waals surface area contributed by atoms with Crippen LogP contribution in [0.5, 0.6) is 0 Å². The van der Waals surface area contributed by atoms with Gasteiger partial charge in [0.2, 0.25) is 0 Å². The van der Waals surface area contributed by atoms with Crippen LogP contribution in [-0.2, 0) is 4.74 Å². The van der Waals surface area contributed by atoms with E-state index in [0.29, 0.717) is 5.02 Å². The normalized spacial score (nSPS) is 22.2. The van der Waals surface area contributed by atoms with E-state index in [1.165, 1.54) is 0 Å². The van der Waals surface area contributed by atoms with Crippen LogP contribution in [0.4, 0.5) is 0 Å². The molecular weight excluding hydrogens is 336 g/mol. The smallest absolute Gasteiger partial charge is 0.158 e. The third kappa shape index (κ3) is 2.68. The second-order valence-corrected chi connectivity index (χ2v) is 6.73. The van der Waals surface area contributed by atoms with Crippen LogP contribution in [0.1, 0.15) is 42.6 Å². The molecule has 2 unspecified atom stereocenters. The molecule has 0 N–H and O–H groups in total. The first-order valence-corrected chi connectivity index (χ1v) is 8.67. The number of aromatic nitrogens is 3. The standard InChI is InChI=1S/C19H19ClN4O/c1-11-19-23-22-12(2)24(19)17-9-8-15(25-3)10-16(17)18(21-11)13-4-6-14(20)7-5-13/h4-8,10-11,17H,9H2,1-3H3. The molecule has 4 rings (SSSR count). The van der Waals surface area contributed by atoms with Gasteiger partial charge in [-0.1, -0.05) is 23.7 Å². The minimum Gasteiger partial charge on any atom is -0.497 e. The van der Waals surface area contributed by atoms with E-state index in [4.69, 9.17) is 21.3 Å². The molecule has 1 aliphatic carbocycles. The number of halogens is 1. The number of aryl methyl sites for hydroxylation is 1. The molecule has 0 bridgehead atoms. The minimum atomic E-state index is -0.0793. The van der Waals surface area contributed by atoms with Gasteiger partial charge in [0.1, 0.15) is 17.6 Å². The summed E-state index contributed by atoms with van der Waals surface area (Å²) in [5.41, 5.74) is 3.12. The molecule has 0 radical (unpaired) electrons. The summed E-state index contributed by atoms with van der Waals surface area (Å²) in [6.07, 6.45) is 5.00. The van der Waals surface area contributed by atoms with Crippen molar-refractivity contribution < 1.29 is 4.74 Å². The first-order chi connectivity index (χ1) is 12.1. The van der Waals surface area contributed by atoms with E-state index in [9.17, 15) is 0 Å². The van der Waals surface area contributed by atoms with Gasteiger partial charge in [-0.25, -0.2) is 0 Å². The summed E-state index contributed by atoms with van der Waals surface area (Å²) >= 11 is 6.06. The molecule has 2 atom stereocenters. The summed E-state index contributed by atoms with van der Waals surface area (Å²) in [6, 6.07) is 7.84. The predicted molar refractivity (Wildman–Crippen MR) is 98.0 cm³/mol. The number of fused-ring (bicyclic) bond motifs is 3. The van der Waals surface area contributed by atoms with Gasteiger partial charge in [0.05, 0.1) is 18.9 Å². The fourth-order valence-corrected chi connectivity index (χ4v) is 3.63. The highest BCUT2D eigenvalue weighted by Crippen LogP contribution is 2.38. The van der Waals surface area contributed by atoms with Gasteiger partial charge in [-0.15, -0.1) is 10.2 Å². The van der Waals surface area contributed by atoms with Gasteiger partial charge in [0.15, 0.2) is 5.82 Å². The monoisotopic (exact) mass is 354 g/mol. The first-order valence-electron chi connectivity index (χ1n) is 8.29. The van der Waals surface area contributed by atoms with Crippen LogP contribution in [0.15, 0.2) is 52.7 Å². The molecule has 0 saturated carbocycles. The molecule has 6 heteroatoms. The van der Waals surface area contributed by atoms with Gasteiger partial charge < -0.3 is 9.30 Å². The number of aliphatic imine (C=N–C) groups is 1. The highest BCUT2D eigenvalue weighted by Gasteiger charge is 2.33. The molecule has 128 valence electrons. The lowest BCUT2D eigenvalue weighted by Crippen LogP contribution is -2.21. The molecule has 2 aromatic rings. The number of hydrogen-bond donors (Lipinski definition) is 0. The molecule has 1 aromatic carbocycles. The Bertz CT molecular complexity index is 908. The van der Waals surface area contributed by atoms with Crippen LogP contribution in [0.2, 0.25) is 5.02 Å². The van der Waals surface area contributed by atoms with E-state index >= 15 is 0 Å². The average molecular weight is 355 g/mol. The summed E-state index contributed by atoms with van der Waals surface area (Å²) in [5.74, 6) is 2.65. The van der Waals surface area contributed by atoms with Crippen LogP contribution < -0.4 is 0 Å². The lowest BCUT2D eigenvalue weighted by molar-refractivity contribution is 0.300.